The molecular formula is C21H21FN4O2S. The number of anilines is 2. The van der Waals surface area contributed by atoms with Crippen molar-refractivity contribution in [1.82, 2.24) is 9.55 Å². The van der Waals surface area contributed by atoms with Gasteiger partial charge in [0.15, 0.2) is 5.16 Å². The summed E-state index contributed by atoms with van der Waals surface area (Å²) in [4.78, 5) is 27.8. The predicted molar refractivity (Wildman–Crippen MR) is 113 cm³/mol. The monoisotopic (exact) mass is 412 g/mol. The fourth-order valence-electron chi connectivity index (χ4n) is 2.77. The maximum Gasteiger partial charge on any atom is 0.234 e. The molecule has 0 spiro atoms. The van der Waals surface area contributed by atoms with Crippen LogP contribution in [-0.2, 0) is 9.59 Å². The summed E-state index contributed by atoms with van der Waals surface area (Å²) in [5.41, 5.74) is 3.69. The first kappa shape index (κ1) is 20.6. The molecule has 1 aromatic heterocycles. The number of hydrogen-bond donors (Lipinski definition) is 2. The van der Waals surface area contributed by atoms with Crippen molar-refractivity contribution >= 4 is 35.0 Å². The smallest absolute Gasteiger partial charge is 0.234 e. The van der Waals surface area contributed by atoms with Crippen LogP contribution in [0, 0.1) is 19.7 Å². The van der Waals surface area contributed by atoms with E-state index in [1.807, 2.05) is 36.7 Å². The molecule has 6 nitrogen and oxygen atoms in total. The summed E-state index contributed by atoms with van der Waals surface area (Å²) >= 11 is 1.30. The van der Waals surface area contributed by atoms with Crippen LogP contribution in [0.5, 0.6) is 0 Å². The number of thioether (sulfide) groups is 1. The Bertz CT molecular complexity index is 1060. The van der Waals surface area contributed by atoms with Gasteiger partial charge >= 0.3 is 0 Å². The van der Waals surface area contributed by atoms with Crippen LogP contribution in [0.4, 0.5) is 15.8 Å². The van der Waals surface area contributed by atoms with Crippen molar-refractivity contribution in [2.75, 3.05) is 16.4 Å². The highest BCUT2D eigenvalue weighted by Crippen LogP contribution is 2.24. The fraction of sp³-hybridized carbons (Fsp3) is 0.190. The zero-order chi connectivity index (χ0) is 21.0. The maximum absolute atomic E-state index is 13.7. The number of carbonyl (C=O) groups excluding carboxylic acids is 2. The number of rotatable bonds is 6. The molecule has 0 unspecified atom stereocenters. The topological polar surface area (TPSA) is 76.0 Å². The average molecular weight is 412 g/mol. The van der Waals surface area contributed by atoms with Crippen molar-refractivity contribution in [1.29, 1.82) is 0 Å². The third-order valence-electron chi connectivity index (χ3n) is 4.12. The zero-order valence-corrected chi connectivity index (χ0v) is 17.1. The van der Waals surface area contributed by atoms with E-state index in [-0.39, 0.29) is 23.3 Å². The van der Waals surface area contributed by atoms with E-state index in [1.165, 1.54) is 36.9 Å². The molecule has 150 valence electrons. The van der Waals surface area contributed by atoms with Gasteiger partial charge in [-0.1, -0.05) is 23.9 Å². The lowest BCUT2D eigenvalue weighted by Gasteiger charge is -2.12. The maximum atomic E-state index is 13.7. The standard InChI is InChI=1S/C21H21FN4O2S/c1-13-4-5-14(2)19(10-13)26-9-8-23-21(26)29-12-20(28)25-16-6-7-17(22)18(11-16)24-15(3)27/h4-11H,12H2,1-3H3,(H,24,27)(H,25,28). The van der Waals surface area contributed by atoms with E-state index in [0.717, 1.165) is 16.8 Å². The molecule has 0 aliphatic heterocycles. The van der Waals surface area contributed by atoms with Gasteiger partial charge in [-0.15, -0.1) is 0 Å². The first-order chi connectivity index (χ1) is 13.8. The van der Waals surface area contributed by atoms with Crippen LogP contribution in [0.3, 0.4) is 0 Å². The van der Waals surface area contributed by atoms with E-state index in [4.69, 9.17) is 0 Å². The van der Waals surface area contributed by atoms with Crippen molar-refractivity contribution in [2.24, 2.45) is 0 Å². The number of aryl methyl sites for hydroxylation is 2. The van der Waals surface area contributed by atoms with E-state index in [0.29, 0.717) is 10.8 Å². The highest BCUT2D eigenvalue weighted by Gasteiger charge is 2.12. The molecule has 8 heteroatoms. The van der Waals surface area contributed by atoms with E-state index in [1.54, 1.807) is 6.20 Å². The second kappa shape index (κ2) is 8.91. The van der Waals surface area contributed by atoms with Gasteiger partial charge in [0.05, 0.1) is 17.1 Å². The predicted octanol–water partition coefficient (Wildman–Crippen LogP) is 4.32. The van der Waals surface area contributed by atoms with Crippen LogP contribution in [0.2, 0.25) is 0 Å². The van der Waals surface area contributed by atoms with Crippen LogP contribution in [0.1, 0.15) is 18.1 Å². The Balaban J connectivity index is 1.67. The molecule has 2 N–H and O–H groups in total. The van der Waals surface area contributed by atoms with Crippen molar-refractivity contribution in [3.8, 4) is 5.69 Å². The summed E-state index contributed by atoms with van der Waals surface area (Å²) in [5, 5.41) is 5.80. The van der Waals surface area contributed by atoms with Crippen molar-refractivity contribution in [3.05, 3.63) is 65.7 Å². The highest BCUT2D eigenvalue weighted by molar-refractivity contribution is 7.99. The third kappa shape index (κ3) is 5.23. The zero-order valence-electron chi connectivity index (χ0n) is 16.3. The van der Waals surface area contributed by atoms with Gasteiger partial charge in [0.2, 0.25) is 11.8 Å². The summed E-state index contributed by atoms with van der Waals surface area (Å²) in [6.07, 6.45) is 3.56. The van der Waals surface area contributed by atoms with Crippen molar-refractivity contribution < 1.29 is 14.0 Å². The number of carbonyl (C=O) groups is 2. The van der Waals surface area contributed by atoms with E-state index in [2.05, 4.69) is 21.7 Å². The Kier molecular flexibility index (Phi) is 6.33. The highest BCUT2D eigenvalue weighted by atomic mass is 32.2. The fourth-order valence-corrected chi connectivity index (χ4v) is 3.54. The first-order valence-electron chi connectivity index (χ1n) is 8.94. The van der Waals surface area contributed by atoms with Crippen LogP contribution in [0.25, 0.3) is 5.69 Å². The van der Waals surface area contributed by atoms with E-state index < -0.39 is 5.82 Å². The molecule has 0 bridgehead atoms. The molecular weight excluding hydrogens is 391 g/mol. The summed E-state index contributed by atoms with van der Waals surface area (Å²) in [5.74, 6) is -1.08. The first-order valence-corrected chi connectivity index (χ1v) is 9.93. The number of hydrogen-bond acceptors (Lipinski definition) is 4. The summed E-state index contributed by atoms with van der Waals surface area (Å²) in [7, 11) is 0. The summed E-state index contributed by atoms with van der Waals surface area (Å²) in [6.45, 7) is 5.34. The number of nitrogens with zero attached hydrogens (tertiary/aromatic N) is 2. The number of amides is 2. The average Bonchev–Trinajstić information content (AvgIpc) is 3.13. The molecule has 0 radical (unpaired) electrons. The Morgan fingerprint density at radius 3 is 2.69 bits per heavy atom. The molecule has 29 heavy (non-hydrogen) atoms. The van der Waals surface area contributed by atoms with Gasteiger partial charge in [-0.05, 0) is 49.2 Å². The third-order valence-corrected chi connectivity index (χ3v) is 5.09. The Hall–Kier alpha value is -3.13. The van der Waals surface area contributed by atoms with Crippen LogP contribution < -0.4 is 10.6 Å². The SMILES string of the molecule is CC(=O)Nc1cc(NC(=O)CSc2nccn2-c2cc(C)ccc2C)ccc1F. The lowest BCUT2D eigenvalue weighted by Crippen LogP contribution is -2.15. The summed E-state index contributed by atoms with van der Waals surface area (Å²) in [6, 6.07) is 10.2. The van der Waals surface area contributed by atoms with Gasteiger partial charge in [-0.2, -0.15) is 0 Å². The molecule has 2 aromatic carbocycles. The summed E-state index contributed by atoms with van der Waals surface area (Å²) < 4.78 is 15.7. The molecule has 0 aliphatic carbocycles. The Morgan fingerprint density at radius 2 is 1.93 bits per heavy atom. The molecule has 1 heterocycles. The lowest BCUT2D eigenvalue weighted by molar-refractivity contribution is -0.114. The van der Waals surface area contributed by atoms with Crippen molar-refractivity contribution in [3.63, 3.8) is 0 Å². The lowest BCUT2D eigenvalue weighted by atomic mass is 10.1. The minimum atomic E-state index is -0.567. The number of halogens is 1. The normalized spacial score (nSPS) is 10.6. The van der Waals surface area contributed by atoms with Crippen molar-refractivity contribution in [2.45, 2.75) is 25.9 Å². The largest absolute Gasteiger partial charge is 0.325 e. The molecule has 0 aliphatic rings. The van der Waals surface area contributed by atoms with Gasteiger partial charge in [0, 0.05) is 25.0 Å². The van der Waals surface area contributed by atoms with Gasteiger partial charge in [-0.25, -0.2) is 9.37 Å². The van der Waals surface area contributed by atoms with Gasteiger partial charge in [0.25, 0.3) is 0 Å². The molecule has 3 rings (SSSR count). The van der Waals surface area contributed by atoms with E-state index >= 15 is 0 Å². The van der Waals surface area contributed by atoms with Crippen LogP contribution in [-0.4, -0.2) is 27.1 Å². The number of imidazole rings is 1. The van der Waals surface area contributed by atoms with Crippen LogP contribution >= 0.6 is 11.8 Å². The van der Waals surface area contributed by atoms with E-state index in [9.17, 15) is 14.0 Å². The van der Waals surface area contributed by atoms with Gasteiger partial charge < -0.3 is 10.6 Å². The van der Waals surface area contributed by atoms with Gasteiger partial charge in [-0.3, -0.25) is 14.2 Å². The molecule has 2 amide bonds. The second-order valence-corrected chi connectivity index (χ2v) is 7.52. The van der Waals surface area contributed by atoms with Crippen LogP contribution in [0.15, 0.2) is 53.9 Å². The molecule has 0 saturated heterocycles. The number of benzene rings is 2. The Morgan fingerprint density at radius 1 is 1.14 bits per heavy atom. The number of nitrogens with one attached hydrogen (secondary N) is 2. The molecule has 3 aromatic rings. The second-order valence-electron chi connectivity index (χ2n) is 6.58. The minimum absolute atomic E-state index is 0.0217. The molecule has 0 fully saturated rings. The molecule has 0 atom stereocenters. The molecule has 0 saturated carbocycles. The quantitative estimate of drug-likeness (QED) is 0.592. The minimum Gasteiger partial charge on any atom is -0.325 e. The van der Waals surface area contributed by atoms with Gasteiger partial charge in [0.1, 0.15) is 5.82 Å². The number of aromatic nitrogens is 2. The Labute approximate surface area is 172 Å².